The van der Waals surface area contributed by atoms with Crippen LogP contribution in [0.25, 0.3) is 5.69 Å². The SMILES string of the molecule is Cc1nn(-c2ccccc2)cc1NC(=O)N1CCCN(CC2CCCCC2)CC1. The number of aromatic nitrogens is 2. The highest BCUT2D eigenvalue weighted by Gasteiger charge is 2.23. The van der Waals surface area contributed by atoms with Crippen LogP contribution < -0.4 is 5.32 Å². The maximum absolute atomic E-state index is 12.9. The summed E-state index contributed by atoms with van der Waals surface area (Å²) in [7, 11) is 0. The summed E-state index contributed by atoms with van der Waals surface area (Å²) in [4.78, 5) is 17.4. The van der Waals surface area contributed by atoms with E-state index in [-0.39, 0.29) is 6.03 Å². The largest absolute Gasteiger partial charge is 0.323 e. The molecular weight excluding hydrogens is 362 g/mol. The van der Waals surface area contributed by atoms with E-state index >= 15 is 0 Å². The third-order valence-electron chi connectivity index (χ3n) is 6.28. The van der Waals surface area contributed by atoms with E-state index in [2.05, 4.69) is 15.3 Å². The summed E-state index contributed by atoms with van der Waals surface area (Å²) >= 11 is 0. The predicted molar refractivity (Wildman–Crippen MR) is 117 cm³/mol. The number of carbonyl (C=O) groups is 1. The number of anilines is 1. The van der Waals surface area contributed by atoms with Crippen molar-refractivity contribution in [3.63, 3.8) is 0 Å². The Balaban J connectivity index is 1.32. The Hall–Kier alpha value is -2.34. The highest BCUT2D eigenvalue weighted by Crippen LogP contribution is 2.25. The minimum atomic E-state index is -0.0137. The highest BCUT2D eigenvalue weighted by molar-refractivity contribution is 5.89. The zero-order chi connectivity index (χ0) is 20.1. The number of nitrogens with one attached hydrogen (secondary N) is 1. The third kappa shape index (κ3) is 5.18. The second-order valence-corrected chi connectivity index (χ2v) is 8.48. The van der Waals surface area contributed by atoms with Gasteiger partial charge < -0.3 is 15.1 Å². The average molecular weight is 396 g/mol. The molecular formula is C23H33N5O. The summed E-state index contributed by atoms with van der Waals surface area (Å²) in [6.07, 6.45) is 9.89. The number of benzene rings is 1. The lowest BCUT2D eigenvalue weighted by molar-refractivity contribution is 0.197. The molecule has 156 valence electrons. The smallest absolute Gasteiger partial charge is 0.321 e. The van der Waals surface area contributed by atoms with Gasteiger partial charge in [0.1, 0.15) is 0 Å². The highest BCUT2D eigenvalue weighted by atomic mass is 16.2. The lowest BCUT2D eigenvalue weighted by Crippen LogP contribution is -2.39. The van der Waals surface area contributed by atoms with Gasteiger partial charge in [-0.3, -0.25) is 0 Å². The standard InChI is InChI=1S/C23H33N5O/c1-19-22(18-28(25-19)21-11-6-3-7-12-21)24-23(29)27-14-8-13-26(15-16-27)17-20-9-4-2-5-10-20/h3,6-7,11-12,18,20H,2,4-5,8-10,13-17H2,1H3,(H,24,29). The van der Waals surface area contributed by atoms with E-state index in [1.165, 1.54) is 38.6 Å². The number of hydrogen-bond acceptors (Lipinski definition) is 3. The Morgan fingerprint density at radius 2 is 1.83 bits per heavy atom. The van der Waals surface area contributed by atoms with Crippen LogP contribution in [0.15, 0.2) is 36.5 Å². The monoisotopic (exact) mass is 395 g/mol. The number of nitrogens with zero attached hydrogens (tertiary/aromatic N) is 4. The Kier molecular flexibility index (Phi) is 6.49. The number of rotatable bonds is 4. The minimum absolute atomic E-state index is 0.0137. The fourth-order valence-electron chi connectivity index (χ4n) is 4.58. The van der Waals surface area contributed by atoms with Crippen molar-refractivity contribution in [2.24, 2.45) is 5.92 Å². The molecule has 2 amide bonds. The lowest BCUT2D eigenvalue weighted by atomic mass is 9.89. The number of hydrogen-bond donors (Lipinski definition) is 1. The molecule has 1 aliphatic heterocycles. The van der Waals surface area contributed by atoms with Gasteiger partial charge in [0.05, 0.1) is 23.3 Å². The van der Waals surface area contributed by atoms with Gasteiger partial charge in [-0.05, 0) is 50.8 Å². The van der Waals surface area contributed by atoms with Crippen LogP contribution >= 0.6 is 0 Å². The summed E-state index contributed by atoms with van der Waals surface area (Å²) in [5.41, 5.74) is 2.60. The first-order valence-corrected chi connectivity index (χ1v) is 11.1. The molecule has 2 fully saturated rings. The molecule has 6 nitrogen and oxygen atoms in total. The van der Waals surface area contributed by atoms with E-state index in [0.29, 0.717) is 0 Å². The summed E-state index contributed by atoms with van der Waals surface area (Å²) in [6, 6.07) is 9.96. The molecule has 1 saturated carbocycles. The Bertz CT molecular complexity index is 797. The minimum Gasteiger partial charge on any atom is -0.323 e. The van der Waals surface area contributed by atoms with E-state index in [9.17, 15) is 4.79 Å². The van der Waals surface area contributed by atoms with E-state index in [4.69, 9.17) is 0 Å². The Morgan fingerprint density at radius 3 is 2.62 bits per heavy atom. The lowest BCUT2D eigenvalue weighted by Gasteiger charge is -2.28. The van der Waals surface area contributed by atoms with Gasteiger partial charge in [0, 0.05) is 26.2 Å². The molecule has 1 aromatic heterocycles. The average Bonchev–Trinajstić information content (AvgIpc) is 2.96. The molecule has 0 atom stereocenters. The summed E-state index contributed by atoms with van der Waals surface area (Å²) in [5, 5.41) is 7.63. The first kappa shape index (κ1) is 20.0. The van der Waals surface area contributed by atoms with Crippen molar-refractivity contribution < 1.29 is 4.79 Å². The van der Waals surface area contributed by atoms with Crippen molar-refractivity contribution in [2.45, 2.75) is 45.4 Å². The number of aryl methyl sites for hydroxylation is 1. The number of urea groups is 1. The number of carbonyl (C=O) groups excluding carboxylic acids is 1. The maximum Gasteiger partial charge on any atom is 0.321 e. The van der Waals surface area contributed by atoms with Crippen molar-refractivity contribution in [1.29, 1.82) is 0 Å². The van der Waals surface area contributed by atoms with Crippen LogP contribution in [0.1, 0.15) is 44.2 Å². The van der Waals surface area contributed by atoms with Crippen molar-refractivity contribution >= 4 is 11.7 Å². The van der Waals surface area contributed by atoms with Gasteiger partial charge in [0.15, 0.2) is 0 Å². The first-order valence-electron chi connectivity index (χ1n) is 11.1. The third-order valence-corrected chi connectivity index (χ3v) is 6.28. The number of amides is 2. The molecule has 1 aromatic carbocycles. The van der Waals surface area contributed by atoms with Crippen molar-refractivity contribution in [3.8, 4) is 5.69 Å². The second-order valence-electron chi connectivity index (χ2n) is 8.48. The summed E-state index contributed by atoms with van der Waals surface area (Å²) in [6.45, 7) is 6.84. The zero-order valence-electron chi connectivity index (χ0n) is 17.5. The normalized spacial score (nSPS) is 19.1. The predicted octanol–water partition coefficient (Wildman–Crippen LogP) is 4.30. The molecule has 2 aliphatic rings. The molecule has 1 N–H and O–H groups in total. The topological polar surface area (TPSA) is 53.4 Å². The van der Waals surface area contributed by atoms with Gasteiger partial charge in [-0.15, -0.1) is 0 Å². The molecule has 1 aliphatic carbocycles. The molecule has 4 rings (SSSR count). The summed E-state index contributed by atoms with van der Waals surface area (Å²) in [5.74, 6) is 0.857. The van der Waals surface area contributed by atoms with Crippen molar-refractivity contribution in [1.82, 2.24) is 19.6 Å². The van der Waals surface area contributed by atoms with Crippen LogP contribution in [0.5, 0.6) is 0 Å². The fraction of sp³-hybridized carbons (Fsp3) is 0.565. The summed E-state index contributed by atoms with van der Waals surface area (Å²) < 4.78 is 1.82. The van der Waals surface area contributed by atoms with E-state index < -0.39 is 0 Å². The fourth-order valence-corrected chi connectivity index (χ4v) is 4.58. The zero-order valence-corrected chi connectivity index (χ0v) is 17.5. The van der Waals surface area contributed by atoms with Crippen LogP contribution in [0.4, 0.5) is 10.5 Å². The van der Waals surface area contributed by atoms with Gasteiger partial charge in [0.25, 0.3) is 0 Å². The molecule has 29 heavy (non-hydrogen) atoms. The van der Waals surface area contributed by atoms with E-state index in [1.807, 2.05) is 53.0 Å². The van der Waals surface area contributed by atoms with Gasteiger partial charge in [-0.1, -0.05) is 37.5 Å². The maximum atomic E-state index is 12.9. The molecule has 0 spiro atoms. The van der Waals surface area contributed by atoms with Crippen molar-refractivity contribution in [3.05, 3.63) is 42.2 Å². The second kappa shape index (κ2) is 9.44. The molecule has 0 unspecified atom stereocenters. The van der Waals surface area contributed by atoms with Gasteiger partial charge in [-0.2, -0.15) is 5.10 Å². The first-order chi connectivity index (χ1) is 14.2. The van der Waals surface area contributed by atoms with Crippen molar-refractivity contribution in [2.75, 3.05) is 38.0 Å². The van der Waals surface area contributed by atoms with E-state index in [0.717, 1.165) is 55.6 Å². The van der Waals surface area contributed by atoms with Crippen LogP contribution in [-0.4, -0.2) is 58.3 Å². The van der Waals surface area contributed by atoms with Crippen LogP contribution in [0.2, 0.25) is 0 Å². The molecule has 6 heteroatoms. The van der Waals surface area contributed by atoms with Gasteiger partial charge in [-0.25, -0.2) is 9.48 Å². The van der Waals surface area contributed by atoms with Crippen LogP contribution in [0.3, 0.4) is 0 Å². The number of para-hydroxylation sites is 1. The molecule has 0 bridgehead atoms. The quantitative estimate of drug-likeness (QED) is 0.840. The molecule has 2 heterocycles. The molecule has 2 aromatic rings. The Labute approximate surface area is 173 Å². The molecule has 0 radical (unpaired) electrons. The van der Waals surface area contributed by atoms with Gasteiger partial charge >= 0.3 is 6.03 Å². The Morgan fingerprint density at radius 1 is 1.03 bits per heavy atom. The van der Waals surface area contributed by atoms with Crippen LogP contribution in [-0.2, 0) is 0 Å². The van der Waals surface area contributed by atoms with Gasteiger partial charge in [0.2, 0.25) is 0 Å². The molecule has 1 saturated heterocycles. The van der Waals surface area contributed by atoms with E-state index in [1.54, 1.807) is 0 Å². The van der Waals surface area contributed by atoms with Crippen LogP contribution in [0, 0.1) is 12.8 Å².